The predicted molar refractivity (Wildman–Crippen MR) is 95.0 cm³/mol. The minimum atomic E-state index is -0.286. The third-order valence-corrected chi connectivity index (χ3v) is 3.83. The van der Waals surface area contributed by atoms with Gasteiger partial charge in [-0.15, -0.1) is 0 Å². The molecule has 0 radical (unpaired) electrons. The standard InChI is InChI=1S/C20H16N2O2/c21-17-11-5-3-9-15(17)19(23)13-7-1-2-8-14(13)20(24)16-10-4-6-12-18(16)22/h1-12H,21-22H2. The number of hydrogen-bond acceptors (Lipinski definition) is 4. The summed E-state index contributed by atoms with van der Waals surface area (Å²) in [6.07, 6.45) is 0. The van der Waals surface area contributed by atoms with Crippen molar-refractivity contribution in [1.29, 1.82) is 0 Å². The van der Waals surface area contributed by atoms with Gasteiger partial charge in [-0.2, -0.15) is 0 Å². The molecular weight excluding hydrogens is 300 g/mol. The molecule has 0 unspecified atom stereocenters. The molecule has 0 aliphatic carbocycles. The molecule has 3 rings (SSSR count). The van der Waals surface area contributed by atoms with Crippen LogP contribution in [0.25, 0.3) is 0 Å². The van der Waals surface area contributed by atoms with Gasteiger partial charge in [-0.05, 0) is 24.3 Å². The van der Waals surface area contributed by atoms with Gasteiger partial charge in [0.2, 0.25) is 0 Å². The topological polar surface area (TPSA) is 86.2 Å². The summed E-state index contributed by atoms with van der Waals surface area (Å²) in [5.41, 5.74) is 13.9. The summed E-state index contributed by atoms with van der Waals surface area (Å²) in [6.45, 7) is 0. The highest BCUT2D eigenvalue weighted by Crippen LogP contribution is 2.23. The molecule has 3 aromatic carbocycles. The van der Waals surface area contributed by atoms with Crippen LogP contribution < -0.4 is 11.5 Å². The number of carbonyl (C=O) groups excluding carboxylic acids is 2. The largest absolute Gasteiger partial charge is 0.398 e. The number of benzene rings is 3. The average molecular weight is 316 g/mol. The molecule has 4 N–H and O–H groups in total. The molecule has 0 saturated heterocycles. The van der Waals surface area contributed by atoms with E-state index in [1.54, 1.807) is 72.8 Å². The SMILES string of the molecule is Nc1ccccc1C(=O)c1ccccc1C(=O)c1ccccc1N. The molecule has 0 heterocycles. The van der Waals surface area contributed by atoms with E-state index in [-0.39, 0.29) is 11.6 Å². The molecule has 0 aliphatic rings. The van der Waals surface area contributed by atoms with Crippen LogP contribution in [0.15, 0.2) is 72.8 Å². The van der Waals surface area contributed by atoms with Gasteiger partial charge in [0.25, 0.3) is 0 Å². The second kappa shape index (κ2) is 6.38. The highest BCUT2D eigenvalue weighted by Gasteiger charge is 2.21. The molecule has 0 saturated carbocycles. The average Bonchev–Trinajstić information content (AvgIpc) is 2.61. The van der Waals surface area contributed by atoms with Crippen LogP contribution in [0.4, 0.5) is 11.4 Å². The quantitative estimate of drug-likeness (QED) is 0.571. The van der Waals surface area contributed by atoms with Gasteiger partial charge in [-0.25, -0.2) is 0 Å². The van der Waals surface area contributed by atoms with Crippen LogP contribution in [0, 0.1) is 0 Å². The number of carbonyl (C=O) groups is 2. The van der Waals surface area contributed by atoms with Gasteiger partial charge in [0.05, 0.1) is 0 Å². The second-order valence-electron chi connectivity index (χ2n) is 5.38. The van der Waals surface area contributed by atoms with E-state index in [2.05, 4.69) is 0 Å². The number of nitrogen functional groups attached to an aromatic ring is 2. The predicted octanol–water partition coefficient (Wildman–Crippen LogP) is 3.31. The Morgan fingerprint density at radius 2 is 0.792 bits per heavy atom. The lowest BCUT2D eigenvalue weighted by atomic mass is 9.92. The van der Waals surface area contributed by atoms with Crippen LogP contribution >= 0.6 is 0 Å². The summed E-state index contributed by atoms with van der Waals surface area (Å²) in [5.74, 6) is -0.571. The number of hydrogen-bond donors (Lipinski definition) is 2. The molecule has 0 amide bonds. The van der Waals surface area contributed by atoms with Crippen molar-refractivity contribution in [2.24, 2.45) is 0 Å². The fourth-order valence-corrected chi connectivity index (χ4v) is 2.58. The Morgan fingerprint density at radius 3 is 1.12 bits per heavy atom. The summed E-state index contributed by atoms with van der Waals surface area (Å²) in [7, 11) is 0. The van der Waals surface area contributed by atoms with Gasteiger partial charge in [0, 0.05) is 33.6 Å². The highest BCUT2D eigenvalue weighted by atomic mass is 16.1. The smallest absolute Gasteiger partial charge is 0.195 e. The number of rotatable bonds is 4. The van der Waals surface area contributed by atoms with Crippen LogP contribution in [0.3, 0.4) is 0 Å². The third-order valence-electron chi connectivity index (χ3n) is 3.83. The first-order valence-corrected chi connectivity index (χ1v) is 7.47. The van der Waals surface area contributed by atoms with Gasteiger partial charge in [0.1, 0.15) is 0 Å². The molecule has 0 bridgehead atoms. The van der Waals surface area contributed by atoms with Crippen molar-refractivity contribution in [2.45, 2.75) is 0 Å². The first-order chi connectivity index (χ1) is 11.6. The zero-order chi connectivity index (χ0) is 17.1. The normalized spacial score (nSPS) is 10.3. The van der Waals surface area contributed by atoms with Crippen LogP contribution in [-0.4, -0.2) is 11.6 Å². The minimum absolute atomic E-state index is 0.286. The van der Waals surface area contributed by atoms with E-state index in [4.69, 9.17) is 11.5 Å². The lowest BCUT2D eigenvalue weighted by Gasteiger charge is -2.10. The summed E-state index contributed by atoms with van der Waals surface area (Å²) < 4.78 is 0. The Morgan fingerprint density at radius 1 is 0.500 bits per heavy atom. The van der Waals surface area contributed by atoms with Gasteiger partial charge >= 0.3 is 0 Å². The maximum absolute atomic E-state index is 12.8. The van der Waals surface area contributed by atoms with Gasteiger partial charge in [0.15, 0.2) is 11.6 Å². The fraction of sp³-hybridized carbons (Fsp3) is 0. The molecule has 4 heteroatoms. The molecular formula is C20H16N2O2. The second-order valence-corrected chi connectivity index (χ2v) is 5.38. The zero-order valence-corrected chi connectivity index (χ0v) is 12.9. The van der Waals surface area contributed by atoms with Gasteiger partial charge in [-0.1, -0.05) is 48.5 Å². The molecule has 3 aromatic rings. The Hall–Kier alpha value is -3.40. The Kier molecular flexibility index (Phi) is 4.12. The van der Waals surface area contributed by atoms with E-state index in [1.165, 1.54) is 0 Å². The molecule has 4 nitrogen and oxygen atoms in total. The summed E-state index contributed by atoms with van der Waals surface area (Å²) in [6, 6.07) is 20.3. The van der Waals surface area contributed by atoms with Crippen LogP contribution in [0.5, 0.6) is 0 Å². The highest BCUT2D eigenvalue weighted by molar-refractivity contribution is 6.21. The minimum Gasteiger partial charge on any atom is -0.398 e. The van der Waals surface area contributed by atoms with Crippen molar-refractivity contribution < 1.29 is 9.59 Å². The number of anilines is 2. The van der Waals surface area contributed by atoms with Crippen LogP contribution in [-0.2, 0) is 0 Å². The van der Waals surface area contributed by atoms with E-state index >= 15 is 0 Å². The molecule has 0 fully saturated rings. The molecule has 24 heavy (non-hydrogen) atoms. The Balaban J connectivity index is 2.09. The fourth-order valence-electron chi connectivity index (χ4n) is 2.58. The van der Waals surface area contributed by atoms with Crippen LogP contribution in [0.1, 0.15) is 31.8 Å². The van der Waals surface area contributed by atoms with Gasteiger partial charge < -0.3 is 11.5 Å². The lowest BCUT2D eigenvalue weighted by molar-refractivity contribution is 0.100. The van der Waals surface area contributed by atoms with Crippen molar-refractivity contribution in [1.82, 2.24) is 0 Å². The number of nitrogens with two attached hydrogens (primary N) is 2. The zero-order valence-electron chi connectivity index (χ0n) is 12.9. The van der Waals surface area contributed by atoms with E-state index in [9.17, 15) is 9.59 Å². The molecule has 0 aliphatic heterocycles. The first kappa shape index (κ1) is 15.5. The van der Waals surface area contributed by atoms with Crippen molar-refractivity contribution in [2.75, 3.05) is 11.5 Å². The lowest BCUT2D eigenvalue weighted by Crippen LogP contribution is -2.13. The van der Waals surface area contributed by atoms with Crippen molar-refractivity contribution in [3.8, 4) is 0 Å². The van der Waals surface area contributed by atoms with Crippen LogP contribution in [0.2, 0.25) is 0 Å². The Bertz CT molecular complexity index is 856. The molecule has 0 spiro atoms. The van der Waals surface area contributed by atoms with E-state index in [1.807, 2.05) is 0 Å². The summed E-state index contributed by atoms with van der Waals surface area (Å²) in [4.78, 5) is 25.7. The molecule has 0 aromatic heterocycles. The summed E-state index contributed by atoms with van der Waals surface area (Å²) in [5, 5.41) is 0. The number of ketones is 2. The van der Waals surface area contributed by atoms with E-state index < -0.39 is 0 Å². The first-order valence-electron chi connectivity index (χ1n) is 7.47. The van der Waals surface area contributed by atoms with Crippen molar-refractivity contribution >= 4 is 22.9 Å². The van der Waals surface area contributed by atoms with Gasteiger partial charge in [-0.3, -0.25) is 9.59 Å². The Labute approximate surface area is 139 Å². The third kappa shape index (κ3) is 2.77. The summed E-state index contributed by atoms with van der Waals surface area (Å²) >= 11 is 0. The maximum Gasteiger partial charge on any atom is 0.195 e. The van der Waals surface area contributed by atoms with E-state index in [0.717, 1.165) is 0 Å². The van der Waals surface area contributed by atoms with Crippen molar-refractivity contribution in [3.05, 3.63) is 95.1 Å². The monoisotopic (exact) mass is 316 g/mol. The molecule has 118 valence electrons. The maximum atomic E-state index is 12.8. The molecule has 0 atom stereocenters. The number of para-hydroxylation sites is 2. The van der Waals surface area contributed by atoms with E-state index in [0.29, 0.717) is 33.6 Å². The van der Waals surface area contributed by atoms with Crippen molar-refractivity contribution in [3.63, 3.8) is 0 Å².